The number of carbonyl (C=O) groups is 1. The van der Waals surface area contributed by atoms with Gasteiger partial charge in [-0.15, -0.1) is 0 Å². The van der Waals surface area contributed by atoms with Crippen molar-refractivity contribution in [2.75, 3.05) is 13.2 Å². The lowest BCUT2D eigenvalue weighted by atomic mass is 10.2. The standard InChI is InChI=1S/C14H17N3O4/c1-9-2-3-20-12(9)4-14(18)17-11-7-19-8-13(11)21-10-5-15-16-6-10/h2-3,5-6,11,13H,4,7-8H2,1H3,(H,15,16)(H,17,18)/t11-,13+/m0/s1. The summed E-state index contributed by atoms with van der Waals surface area (Å²) in [5.41, 5.74) is 0.971. The Morgan fingerprint density at radius 2 is 2.48 bits per heavy atom. The fourth-order valence-electron chi connectivity index (χ4n) is 2.25. The van der Waals surface area contributed by atoms with E-state index in [4.69, 9.17) is 13.9 Å². The summed E-state index contributed by atoms with van der Waals surface area (Å²) in [6.45, 7) is 2.79. The fraction of sp³-hybridized carbons (Fsp3) is 0.429. The van der Waals surface area contributed by atoms with Crippen LogP contribution in [0.2, 0.25) is 0 Å². The van der Waals surface area contributed by atoms with Crippen LogP contribution in [0.25, 0.3) is 0 Å². The molecule has 2 atom stereocenters. The van der Waals surface area contributed by atoms with Gasteiger partial charge in [0.25, 0.3) is 0 Å². The number of nitrogens with zero attached hydrogens (tertiary/aromatic N) is 1. The molecule has 7 heteroatoms. The minimum Gasteiger partial charge on any atom is -0.482 e. The van der Waals surface area contributed by atoms with Crippen LogP contribution in [0.5, 0.6) is 5.75 Å². The van der Waals surface area contributed by atoms with Crippen LogP contribution >= 0.6 is 0 Å². The van der Waals surface area contributed by atoms with Gasteiger partial charge in [-0.1, -0.05) is 0 Å². The van der Waals surface area contributed by atoms with Crippen LogP contribution < -0.4 is 10.1 Å². The fourth-order valence-corrected chi connectivity index (χ4v) is 2.25. The Morgan fingerprint density at radius 1 is 1.57 bits per heavy atom. The molecule has 0 unspecified atom stereocenters. The van der Waals surface area contributed by atoms with Crippen molar-refractivity contribution < 1.29 is 18.7 Å². The molecule has 21 heavy (non-hydrogen) atoms. The summed E-state index contributed by atoms with van der Waals surface area (Å²) < 4.78 is 16.4. The van der Waals surface area contributed by atoms with E-state index >= 15 is 0 Å². The third kappa shape index (κ3) is 3.25. The molecule has 0 aromatic carbocycles. The number of ether oxygens (including phenoxy) is 2. The molecule has 0 aliphatic carbocycles. The number of aryl methyl sites for hydroxylation is 1. The lowest BCUT2D eigenvalue weighted by Gasteiger charge is -2.19. The summed E-state index contributed by atoms with van der Waals surface area (Å²) in [6.07, 6.45) is 4.83. The molecule has 0 radical (unpaired) electrons. The first-order valence-electron chi connectivity index (χ1n) is 6.78. The second kappa shape index (κ2) is 6.01. The van der Waals surface area contributed by atoms with E-state index in [0.29, 0.717) is 24.7 Å². The molecule has 0 bridgehead atoms. The molecule has 2 aromatic heterocycles. The van der Waals surface area contributed by atoms with Crippen LogP contribution in [0, 0.1) is 6.92 Å². The molecule has 1 saturated heterocycles. The van der Waals surface area contributed by atoms with E-state index in [0.717, 1.165) is 5.56 Å². The van der Waals surface area contributed by atoms with Gasteiger partial charge in [0.2, 0.25) is 5.91 Å². The zero-order chi connectivity index (χ0) is 14.7. The molecule has 0 spiro atoms. The molecule has 1 aliphatic heterocycles. The maximum absolute atomic E-state index is 12.1. The lowest BCUT2D eigenvalue weighted by molar-refractivity contribution is -0.121. The van der Waals surface area contributed by atoms with Crippen molar-refractivity contribution in [1.82, 2.24) is 15.5 Å². The average Bonchev–Trinajstić information content (AvgIpc) is 3.17. The normalized spacial score (nSPS) is 21.4. The molecular weight excluding hydrogens is 274 g/mol. The van der Waals surface area contributed by atoms with E-state index in [-0.39, 0.29) is 24.5 Å². The highest BCUT2D eigenvalue weighted by Crippen LogP contribution is 2.16. The summed E-state index contributed by atoms with van der Waals surface area (Å²) in [7, 11) is 0. The highest BCUT2D eigenvalue weighted by molar-refractivity contribution is 5.78. The Hall–Kier alpha value is -2.28. The van der Waals surface area contributed by atoms with Crippen molar-refractivity contribution in [3.05, 3.63) is 36.0 Å². The Kier molecular flexibility index (Phi) is 3.92. The van der Waals surface area contributed by atoms with E-state index in [1.165, 1.54) is 0 Å². The molecule has 7 nitrogen and oxygen atoms in total. The average molecular weight is 291 g/mol. The van der Waals surface area contributed by atoms with Gasteiger partial charge in [0.15, 0.2) is 5.75 Å². The highest BCUT2D eigenvalue weighted by Gasteiger charge is 2.31. The summed E-state index contributed by atoms with van der Waals surface area (Å²) in [5, 5.41) is 9.43. The smallest absolute Gasteiger partial charge is 0.228 e. The number of nitrogens with one attached hydrogen (secondary N) is 2. The van der Waals surface area contributed by atoms with E-state index in [1.807, 2.05) is 13.0 Å². The Morgan fingerprint density at radius 3 is 3.19 bits per heavy atom. The van der Waals surface area contributed by atoms with Crippen LogP contribution in [0.4, 0.5) is 0 Å². The molecule has 2 aromatic rings. The SMILES string of the molecule is Cc1ccoc1CC(=O)N[C@H]1COC[C@H]1Oc1cn[nH]c1. The van der Waals surface area contributed by atoms with Crippen LogP contribution in [0.1, 0.15) is 11.3 Å². The van der Waals surface area contributed by atoms with Crippen LogP contribution in [-0.4, -0.2) is 41.5 Å². The van der Waals surface area contributed by atoms with Gasteiger partial charge >= 0.3 is 0 Å². The predicted molar refractivity (Wildman–Crippen MR) is 72.9 cm³/mol. The van der Waals surface area contributed by atoms with Gasteiger partial charge in [0, 0.05) is 0 Å². The topological polar surface area (TPSA) is 89.4 Å². The number of rotatable bonds is 5. The highest BCUT2D eigenvalue weighted by atomic mass is 16.5. The Balaban J connectivity index is 1.56. The number of H-pyrrole nitrogens is 1. The van der Waals surface area contributed by atoms with Gasteiger partial charge in [0.1, 0.15) is 11.9 Å². The van der Waals surface area contributed by atoms with Gasteiger partial charge in [-0.3, -0.25) is 9.89 Å². The number of furan rings is 1. The second-order valence-corrected chi connectivity index (χ2v) is 5.01. The molecule has 3 heterocycles. The van der Waals surface area contributed by atoms with Gasteiger partial charge in [-0.2, -0.15) is 5.10 Å². The zero-order valence-electron chi connectivity index (χ0n) is 11.7. The first-order chi connectivity index (χ1) is 10.2. The van der Waals surface area contributed by atoms with Crippen LogP contribution in [-0.2, 0) is 16.0 Å². The van der Waals surface area contributed by atoms with Gasteiger partial charge in [-0.25, -0.2) is 0 Å². The number of aromatic nitrogens is 2. The minimum atomic E-state index is -0.218. The van der Waals surface area contributed by atoms with Crippen molar-refractivity contribution >= 4 is 5.91 Å². The van der Waals surface area contributed by atoms with E-state index < -0.39 is 0 Å². The third-order valence-electron chi connectivity index (χ3n) is 3.42. The Labute approximate surface area is 121 Å². The molecular formula is C14H17N3O4. The minimum absolute atomic E-state index is 0.107. The number of aromatic amines is 1. The van der Waals surface area contributed by atoms with Crippen LogP contribution in [0.3, 0.4) is 0 Å². The molecule has 3 rings (SSSR count). The molecule has 0 saturated carbocycles. The van der Waals surface area contributed by atoms with Crippen molar-refractivity contribution in [2.24, 2.45) is 0 Å². The second-order valence-electron chi connectivity index (χ2n) is 5.01. The van der Waals surface area contributed by atoms with Crippen LogP contribution in [0.15, 0.2) is 29.1 Å². The van der Waals surface area contributed by atoms with Gasteiger partial charge in [-0.05, 0) is 18.6 Å². The van der Waals surface area contributed by atoms with Gasteiger partial charge < -0.3 is 19.2 Å². The first kappa shape index (κ1) is 13.7. The first-order valence-corrected chi connectivity index (χ1v) is 6.78. The van der Waals surface area contributed by atoms with Crippen molar-refractivity contribution in [2.45, 2.75) is 25.5 Å². The number of hydrogen-bond acceptors (Lipinski definition) is 5. The number of hydrogen-bond donors (Lipinski definition) is 2. The summed E-state index contributed by atoms with van der Waals surface area (Å²) in [6, 6.07) is 1.66. The third-order valence-corrected chi connectivity index (χ3v) is 3.42. The monoisotopic (exact) mass is 291 g/mol. The molecule has 2 N–H and O–H groups in total. The predicted octanol–water partition coefficient (Wildman–Crippen LogP) is 0.816. The summed E-state index contributed by atoms with van der Waals surface area (Å²) in [4.78, 5) is 12.1. The number of amides is 1. The van der Waals surface area contributed by atoms with Crippen molar-refractivity contribution in [1.29, 1.82) is 0 Å². The van der Waals surface area contributed by atoms with Crippen molar-refractivity contribution in [3.8, 4) is 5.75 Å². The van der Waals surface area contributed by atoms with Gasteiger partial charge in [0.05, 0.1) is 44.3 Å². The zero-order valence-corrected chi connectivity index (χ0v) is 11.7. The molecule has 1 amide bonds. The molecule has 1 aliphatic rings. The van der Waals surface area contributed by atoms with Crippen molar-refractivity contribution in [3.63, 3.8) is 0 Å². The van der Waals surface area contributed by atoms with E-state index in [2.05, 4.69) is 15.5 Å². The molecule has 112 valence electrons. The number of carbonyl (C=O) groups excluding carboxylic acids is 1. The van der Waals surface area contributed by atoms with E-state index in [9.17, 15) is 4.79 Å². The quantitative estimate of drug-likeness (QED) is 0.851. The largest absolute Gasteiger partial charge is 0.482 e. The maximum Gasteiger partial charge on any atom is 0.228 e. The maximum atomic E-state index is 12.1. The Bertz CT molecular complexity index is 593. The van der Waals surface area contributed by atoms with E-state index in [1.54, 1.807) is 18.7 Å². The summed E-state index contributed by atoms with van der Waals surface area (Å²) >= 11 is 0. The molecule has 1 fully saturated rings. The lowest BCUT2D eigenvalue weighted by Crippen LogP contribution is -2.45. The summed E-state index contributed by atoms with van der Waals surface area (Å²) in [5.74, 6) is 1.20.